The van der Waals surface area contributed by atoms with Gasteiger partial charge in [-0.1, -0.05) is 48.5 Å². The number of hydroxylamine groups is 1. The zero-order valence-corrected chi connectivity index (χ0v) is 18.2. The van der Waals surface area contributed by atoms with Crippen LogP contribution in [-0.4, -0.2) is 22.0 Å². The molecule has 0 aliphatic carbocycles. The Hall–Kier alpha value is -4.65. The number of ether oxygens (including phenoxy) is 1. The number of para-hydroxylation sites is 1. The number of carbonyl (C=O) groups excluding carboxylic acids is 1. The predicted molar refractivity (Wildman–Crippen MR) is 127 cm³/mol. The zero-order valence-electron chi connectivity index (χ0n) is 18.2. The van der Waals surface area contributed by atoms with Crippen LogP contribution in [0.15, 0.2) is 103 Å². The van der Waals surface area contributed by atoms with Crippen molar-refractivity contribution >= 4 is 17.6 Å². The van der Waals surface area contributed by atoms with Gasteiger partial charge in [-0.3, -0.25) is 9.78 Å². The van der Waals surface area contributed by atoms with Crippen molar-refractivity contribution in [3.8, 4) is 11.5 Å². The van der Waals surface area contributed by atoms with Gasteiger partial charge in [0.25, 0.3) is 5.91 Å². The number of amides is 1. The molecule has 0 saturated heterocycles. The van der Waals surface area contributed by atoms with E-state index in [0.717, 1.165) is 10.6 Å². The molecule has 0 unspecified atom stereocenters. The number of carboxylic acid groups (broad SMARTS) is 1. The van der Waals surface area contributed by atoms with Gasteiger partial charge >= 0.3 is 5.97 Å². The SMILES string of the molecule is O=C(O)c1ccccc1N(Oc1ccc(OCc2ccccc2)cc1)C(=O)Cc1ccccn1. The summed E-state index contributed by atoms with van der Waals surface area (Å²) in [5.74, 6) is -0.647. The summed E-state index contributed by atoms with van der Waals surface area (Å²) in [6.45, 7) is 0.418. The van der Waals surface area contributed by atoms with Gasteiger partial charge in [-0.05, 0) is 54.1 Å². The van der Waals surface area contributed by atoms with Crippen LogP contribution in [0.4, 0.5) is 5.69 Å². The van der Waals surface area contributed by atoms with Crippen molar-refractivity contribution in [3.05, 3.63) is 120 Å². The molecule has 4 rings (SSSR count). The van der Waals surface area contributed by atoms with Crippen LogP contribution in [0.25, 0.3) is 0 Å². The Labute approximate surface area is 196 Å². The first-order valence-corrected chi connectivity index (χ1v) is 10.6. The maximum atomic E-state index is 13.2. The molecule has 34 heavy (non-hydrogen) atoms. The number of benzene rings is 3. The van der Waals surface area contributed by atoms with Crippen molar-refractivity contribution in [1.82, 2.24) is 4.98 Å². The minimum atomic E-state index is -1.17. The topological polar surface area (TPSA) is 89.0 Å². The molecule has 0 spiro atoms. The standard InChI is InChI=1S/C27H22N2O5/c30-26(18-21-10-6-7-17-28-21)29(25-12-5-4-11-24(25)27(31)32)34-23-15-13-22(14-16-23)33-19-20-8-2-1-3-9-20/h1-17H,18-19H2,(H,31,32). The van der Waals surface area contributed by atoms with E-state index >= 15 is 0 Å². The summed E-state index contributed by atoms with van der Waals surface area (Å²) in [6, 6.07) is 28.0. The summed E-state index contributed by atoms with van der Waals surface area (Å²) < 4.78 is 5.79. The number of carbonyl (C=O) groups is 2. The van der Waals surface area contributed by atoms with Crippen molar-refractivity contribution < 1.29 is 24.3 Å². The highest BCUT2D eigenvalue weighted by Crippen LogP contribution is 2.26. The molecule has 0 bridgehead atoms. The number of rotatable bonds is 9. The number of nitrogens with zero attached hydrogens (tertiary/aromatic N) is 2. The van der Waals surface area contributed by atoms with Crippen molar-refractivity contribution in [3.63, 3.8) is 0 Å². The van der Waals surface area contributed by atoms with E-state index in [9.17, 15) is 14.7 Å². The molecule has 1 aromatic heterocycles. The fourth-order valence-electron chi connectivity index (χ4n) is 3.24. The molecule has 1 heterocycles. The lowest BCUT2D eigenvalue weighted by atomic mass is 10.1. The van der Waals surface area contributed by atoms with Crippen LogP contribution in [0, 0.1) is 0 Å². The van der Waals surface area contributed by atoms with Crippen LogP contribution in [0.3, 0.4) is 0 Å². The summed E-state index contributed by atoms with van der Waals surface area (Å²) in [6.07, 6.45) is 1.53. The molecule has 0 atom stereocenters. The van der Waals surface area contributed by atoms with Crippen LogP contribution in [-0.2, 0) is 17.8 Å². The molecule has 4 aromatic rings. The van der Waals surface area contributed by atoms with Crippen LogP contribution in [0.2, 0.25) is 0 Å². The van der Waals surface area contributed by atoms with Crippen LogP contribution in [0.1, 0.15) is 21.6 Å². The first-order valence-electron chi connectivity index (χ1n) is 10.6. The number of hydrogen-bond acceptors (Lipinski definition) is 5. The summed E-state index contributed by atoms with van der Waals surface area (Å²) in [5, 5.41) is 10.6. The molecular weight excluding hydrogens is 432 g/mol. The minimum absolute atomic E-state index is 0.0558. The number of aromatic nitrogens is 1. The molecular formula is C27H22N2O5. The monoisotopic (exact) mass is 454 g/mol. The Balaban J connectivity index is 1.54. The molecule has 0 fully saturated rings. The Morgan fingerprint density at radius 1 is 0.794 bits per heavy atom. The molecule has 7 nitrogen and oxygen atoms in total. The van der Waals surface area contributed by atoms with Gasteiger partial charge in [0.2, 0.25) is 0 Å². The van der Waals surface area contributed by atoms with E-state index < -0.39 is 11.9 Å². The number of aromatic carboxylic acids is 1. The van der Waals surface area contributed by atoms with E-state index in [1.54, 1.807) is 60.8 Å². The molecule has 0 saturated carbocycles. The third-order valence-electron chi connectivity index (χ3n) is 4.91. The highest BCUT2D eigenvalue weighted by Gasteiger charge is 2.24. The smallest absolute Gasteiger partial charge is 0.337 e. The molecule has 7 heteroatoms. The van der Waals surface area contributed by atoms with Gasteiger partial charge < -0.3 is 14.7 Å². The van der Waals surface area contributed by atoms with Gasteiger partial charge in [-0.15, -0.1) is 5.06 Å². The van der Waals surface area contributed by atoms with E-state index in [1.807, 2.05) is 30.3 Å². The highest BCUT2D eigenvalue weighted by molar-refractivity contribution is 6.01. The zero-order chi connectivity index (χ0) is 23.8. The lowest BCUT2D eigenvalue weighted by Crippen LogP contribution is -2.36. The van der Waals surface area contributed by atoms with Gasteiger partial charge in [0.1, 0.15) is 12.4 Å². The Morgan fingerprint density at radius 3 is 2.18 bits per heavy atom. The van der Waals surface area contributed by atoms with Gasteiger partial charge in [-0.2, -0.15) is 0 Å². The van der Waals surface area contributed by atoms with Crippen molar-refractivity contribution in [2.75, 3.05) is 5.06 Å². The number of hydrogen-bond donors (Lipinski definition) is 1. The normalized spacial score (nSPS) is 10.4. The van der Waals surface area contributed by atoms with Crippen molar-refractivity contribution in [2.24, 2.45) is 0 Å². The molecule has 0 radical (unpaired) electrons. The summed E-state index contributed by atoms with van der Waals surface area (Å²) >= 11 is 0. The quantitative estimate of drug-likeness (QED) is 0.361. The van der Waals surface area contributed by atoms with Gasteiger partial charge in [0.05, 0.1) is 17.7 Å². The molecule has 1 amide bonds. The predicted octanol–water partition coefficient (Wildman–Crippen LogP) is 4.93. The minimum Gasteiger partial charge on any atom is -0.489 e. The van der Waals surface area contributed by atoms with Gasteiger partial charge in [0.15, 0.2) is 5.75 Å². The highest BCUT2D eigenvalue weighted by atomic mass is 16.7. The van der Waals surface area contributed by atoms with E-state index in [0.29, 0.717) is 23.8 Å². The Bertz CT molecular complexity index is 1250. The molecule has 3 aromatic carbocycles. The third kappa shape index (κ3) is 5.77. The number of anilines is 1. The molecule has 0 aliphatic rings. The summed E-state index contributed by atoms with van der Waals surface area (Å²) in [4.78, 5) is 35.0. The van der Waals surface area contributed by atoms with Crippen LogP contribution < -0.4 is 14.6 Å². The van der Waals surface area contributed by atoms with E-state index in [4.69, 9.17) is 9.57 Å². The Morgan fingerprint density at radius 2 is 1.47 bits per heavy atom. The van der Waals surface area contributed by atoms with Gasteiger partial charge in [0, 0.05) is 11.9 Å². The molecule has 170 valence electrons. The van der Waals surface area contributed by atoms with Crippen LogP contribution in [0.5, 0.6) is 11.5 Å². The first kappa shape index (κ1) is 22.5. The average Bonchev–Trinajstić information content (AvgIpc) is 2.88. The van der Waals surface area contributed by atoms with Crippen molar-refractivity contribution in [1.29, 1.82) is 0 Å². The largest absolute Gasteiger partial charge is 0.489 e. The second kappa shape index (κ2) is 10.8. The maximum absolute atomic E-state index is 13.2. The lowest BCUT2D eigenvalue weighted by Gasteiger charge is -2.24. The third-order valence-corrected chi connectivity index (χ3v) is 4.91. The van der Waals surface area contributed by atoms with E-state index in [1.165, 1.54) is 12.1 Å². The maximum Gasteiger partial charge on any atom is 0.337 e. The fourth-order valence-corrected chi connectivity index (χ4v) is 3.24. The number of pyridine rings is 1. The van der Waals surface area contributed by atoms with Crippen LogP contribution >= 0.6 is 0 Å². The second-order valence-corrected chi connectivity index (χ2v) is 7.35. The number of carboxylic acids is 1. The van der Waals surface area contributed by atoms with Crippen molar-refractivity contribution in [2.45, 2.75) is 13.0 Å². The molecule has 1 N–H and O–H groups in total. The lowest BCUT2D eigenvalue weighted by molar-refractivity contribution is -0.122. The Kier molecular flexibility index (Phi) is 7.15. The molecule has 0 aliphatic heterocycles. The summed E-state index contributed by atoms with van der Waals surface area (Å²) in [7, 11) is 0. The second-order valence-electron chi connectivity index (χ2n) is 7.35. The summed E-state index contributed by atoms with van der Waals surface area (Å²) in [5.41, 5.74) is 1.65. The van der Waals surface area contributed by atoms with E-state index in [-0.39, 0.29) is 17.7 Å². The van der Waals surface area contributed by atoms with Gasteiger partial charge in [-0.25, -0.2) is 4.79 Å². The average molecular weight is 454 g/mol. The first-order chi connectivity index (χ1) is 16.6. The fraction of sp³-hybridized carbons (Fsp3) is 0.0741. The van der Waals surface area contributed by atoms with E-state index in [2.05, 4.69) is 4.98 Å².